The summed E-state index contributed by atoms with van der Waals surface area (Å²) in [7, 11) is 0. The molecule has 2 heterocycles. The van der Waals surface area contributed by atoms with Crippen LogP contribution in [-0.4, -0.2) is 26.1 Å². The Labute approximate surface area is 130 Å². The largest absolute Gasteiger partial charge is 0.504 e. The average Bonchev–Trinajstić information content (AvgIpc) is 3.21. The maximum atomic E-state index is 12.9. The highest BCUT2D eigenvalue weighted by Crippen LogP contribution is 2.16. The van der Waals surface area contributed by atoms with Crippen molar-refractivity contribution in [3.05, 3.63) is 77.5 Å². The molecule has 2 N–H and O–H groups in total. The van der Waals surface area contributed by atoms with E-state index in [2.05, 4.69) is 15.2 Å². The summed E-state index contributed by atoms with van der Waals surface area (Å²) < 4.78 is 18.1. The lowest BCUT2D eigenvalue weighted by molar-refractivity contribution is 0.102. The van der Waals surface area contributed by atoms with E-state index in [0.717, 1.165) is 17.2 Å². The van der Waals surface area contributed by atoms with Gasteiger partial charge in [-0.3, -0.25) is 9.89 Å². The van der Waals surface area contributed by atoms with Gasteiger partial charge in [0.1, 0.15) is 12.1 Å². The van der Waals surface area contributed by atoms with Gasteiger partial charge in [0, 0.05) is 12.5 Å². The Hall–Kier alpha value is -3.22. The Morgan fingerprint density at radius 1 is 1.30 bits per heavy atom. The van der Waals surface area contributed by atoms with Crippen molar-refractivity contribution in [2.24, 2.45) is 0 Å². The zero-order chi connectivity index (χ0) is 16.2. The van der Waals surface area contributed by atoms with Gasteiger partial charge in [-0.2, -0.15) is 5.10 Å². The Kier molecular flexibility index (Phi) is 4.01. The Morgan fingerprint density at radius 3 is 2.78 bits per heavy atom. The number of aromatic amines is 1. The smallest absolute Gasteiger partial charge is 0.224 e. The number of ketones is 1. The molecule has 6 nitrogen and oxygen atoms in total. The van der Waals surface area contributed by atoms with Gasteiger partial charge in [-0.15, -0.1) is 0 Å². The van der Waals surface area contributed by atoms with Crippen LogP contribution in [0, 0.1) is 5.82 Å². The Balaban J connectivity index is 1.72. The number of aliphatic hydroxyl groups excluding tert-OH is 1. The van der Waals surface area contributed by atoms with E-state index in [1.165, 1.54) is 24.7 Å². The van der Waals surface area contributed by atoms with Crippen molar-refractivity contribution in [1.29, 1.82) is 0 Å². The first-order valence-corrected chi connectivity index (χ1v) is 6.74. The molecule has 0 radical (unpaired) electrons. The second-order valence-corrected chi connectivity index (χ2v) is 4.85. The molecule has 7 heteroatoms. The van der Waals surface area contributed by atoms with E-state index < -0.39 is 5.78 Å². The molecule has 0 aliphatic carbocycles. The highest BCUT2D eigenvalue weighted by atomic mass is 19.1. The number of aliphatic hydroxyl groups is 1. The fraction of sp³-hybridized carbons (Fsp3) is 0.0625. The van der Waals surface area contributed by atoms with Gasteiger partial charge in [0.05, 0.1) is 6.26 Å². The van der Waals surface area contributed by atoms with Crippen LogP contribution < -0.4 is 0 Å². The molecule has 0 saturated heterocycles. The zero-order valence-electron chi connectivity index (χ0n) is 11.9. The van der Waals surface area contributed by atoms with Crippen LogP contribution in [-0.2, 0) is 6.42 Å². The molecular formula is C16H12FN3O3. The molecule has 0 unspecified atom stereocenters. The topological polar surface area (TPSA) is 92.0 Å². The average molecular weight is 313 g/mol. The zero-order valence-corrected chi connectivity index (χ0v) is 11.9. The van der Waals surface area contributed by atoms with E-state index in [9.17, 15) is 14.3 Å². The molecule has 0 saturated carbocycles. The third-order valence-corrected chi connectivity index (χ3v) is 3.14. The molecule has 0 bridgehead atoms. The van der Waals surface area contributed by atoms with Gasteiger partial charge in [0.25, 0.3) is 0 Å². The maximum Gasteiger partial charge on any atom is 0.224 e. The third-order valence-electron chi connectivity index (χ3n) is 3.14. The van der Waals surface area contributed by atoms with Crippen molar-refractivity contribution in [3.8, 4) is 0 Å². The lowest BCUT2D eigenvalue weighted by atomic mass is 10.1. The first kappa shape index (κ1) is 14.7. The third kappa shape index (κ3) is 3.52. The predicted molar refractivity (Wildman–Crippen MR) is 79.2 cm³/mol. The second-order valence-electron chi connectivity index (χ2n) is 4.85. The summed E-state index contributed by atoms with van der Waals surface area (Å²) in [6.45, 7) is 0. The van der Waals surface area contributed by atoms with Crippen LogP contribution in [0.15, 0.2) is 53.4 Å². The number of carbonyl (C=O) groups excluding carboxylic acids is 1. The fourth-order valence-electron chi connectivity index (χ4n) is 2.03. The van der Waals surface area contributed by atoms with Crippen LogP contribution in [0.25, 0.3) is 5.76 Å². The highest BCUT2D eigenvalue weighted by molar-refractivity contribution is 6.05. The Bertz CT molecular complexity index is 836. The summed E-state index contributed by atoms with van der Waals surface area (Å²) >= 11 is 0. The number of benzene rings is 1. The number of carbonyl (C=O) groups is 1. The predicted octanol–water partition coefficient (Wildman–Crippen LogP) is 2.91. The number of hydrogen-bond donors (Lipinski definition) is 2. The van der Waals surface area contributed by atoms with Crippen molar-refractivity contribution in [1.82, 2.24) is 15.2 Å². The van der Waals surface area contributed by atoms with E-state index in [-0.39, 0.29) is 23.2 Å². The minimum Gasteiger partial charge on any atom is -0.504 e. The molecule has 0 aliphatic rings. The summed E-state index contributed by atoms with van der Waals surface area (Å²) in [6.07, 6.45) is 4.18. The molecule has 0 atom stereocenters. The molecule has 3 rings (SSSR count). The number of halogens is 1. The summed E-state index contributed by atoms with van der Waals surface area (Å²) in [5, 5.41) is 15.8. The number of aromatic nitrogens is 3. The van der Waals surface area contributed by atoms with E-state index >= 15 is 0 Å². The second kappa shape index (κ2) is 6.27. The van der Waals surface area contributed by atoms with E-state index in [4.69, 9.17) is 4.42 Å². The molecule has 0 amide bonds. The van der Waals surface area contributed by atoms with Crippen LogP contribution in [0.1, 0.15) is 27.5 Å². The van der Waals surface area contributed by atoms with Crippen molar-refractivity contribution >= 4 is 11.5 Å². The maximum absolute atomic E-state index is 12.9. The van der Waals surface area contributed by atoms with Crippen LogP contribution in [0.2, 0.25) is 0 Å². The number of nitrogens with zero attached hydrogens (tertiary/aromatic N) is 2. The summed E-state index contributed by atoms with van der Waals surface area (Å²) in [5.74, 6) is -0.942. The van der Waals surface area contributed by atoms with E-state index in [1.807, 2.05) is 0 Å². The number of nitrogens with one attached hydrogen (secondary N) is 1. The first-order chi connectivity index (χ1) is 11.1. The highest BCUT2D eigenvalue weighted by Gasteiger charge is 2.12. The molecule has 2 aromatic heterocycles. The fourth-order valence-corrected chi connectivity index (χ4v) is 2.03. The van der Waals surface area contributed by atoms with Gasteiger partial charge in [0.15, 0.2) is 17.3 Å². The summed E-state index contributed by atoms with van der Waals surface area (Å²) in [6, 6.07) is 7.66. The van der Waals surface area contributed by atoms with Crippen molar-refractivity contribution < 1.29 is 18.7 Å². The van der Waals surface area contributed by atoms with Crippen LogP contribution in [0.5, 0.6) is 0 Å². The quantitative estimate of drug-likeness (QED) is 0.429. The number of H-pyrrole nitrogens is 1. The van der Waals surface area contributed by atoms with E-state index in [1.54, 1.807) is 18.2 Å². The van der Waals surface area contributed by atoms with E-state index in [0.29, 0.717) is 6.42 Å². The number of rotatable bonds is 5. The Morgan fingerprint density at radius 2 is 2.09 bits per heavy atom. The summed E-state index contributed by atoms with van der Waals surface area (Å²) in [5.41, 5.74) is 1.67. The van der Waals surface area contributed by atoms with Crippen LogP contribution in [0.4, 0.5) is 4.39 Å². The lowest BCUT2D eigenvalue weighted by Crippen LogP contribution is -1.96. The minimum atomic E-state index is -0.496. The van der Waals surface area contributed by atoms with Gasteiger partial charge in [-0.05, 0) is 29.3 Å². The van der Waals surface area contributed by atoms with Crippen LogP contribution in [0.3, 0.4) is 0 Å². The van der Waals surface area contributed by atoms with Gasteiger partial charge in [0.2, 0.25) is 5.78 Å². The molecule has 0 spiro atoms. The SMILES string of the molecule is O=C(C=C(O)c1ncn[nH]1)c1cc(Cc2ccc(F)cc2)co1. The van der Waals surface area contributed by atoms with Crippen molar-refractivity contribution in [2.45, 2.75) is 6.42 Å². The molecule has 23 heavy (non-hydrogen) atoms. The number of allylic oxidation sites excluding steroid dienone is 1. The normalized spacial score (nSPS) is 11.6. The van der Waals surface area contributed by atoms with Gasteiger partial charge in [-0.1, -0.05) is 12.1 Å². The minimum absolute atomic E-state index is 0.0909. The molecule has 0 aliphatic heterocycles. The van der Waals surface area contributed by atoms with Gasteiger partial charge < -0.3 is 9.52 Å². The molecule has 1 aromatic carbocycles. The molecule has 3 aromatic rings. The standard InChI is InChI=1S/C16H12FN3O3/c17-12-3-1-10(2-4-12)5-11-6-15(23-8-11)13(21)7-14(22)16-18-9-19-20-16/h1-4,6-9,22H,5H2,(H,18,19,20). The monoisotopic (exact) mass is 313 g/mol. The number of furan rings is 1. The number of hydrogen-bond acceptors (Lipinski definition) is 5. The molecular weight excluding hydrogens is 301 g/mol. The lowest BCUT2D eigenvalue weighted by Gasteiger charge is -1.97. The van der Waals surface area contributed by atoms with Gasteiger partial charge in [-0.25, -0.2) is 9.37 Å². The molecule has 116 valence electrons. The summed E-state index contributed by atoms with van der Waals surface area (Å²) in [4.78, 5) is 15.8. The van der Waals surface area contributed by atoms with Crippen LogP contribution >= 0.6 is 0 Å². The van der Waals surface area contributed by atoms with Gasteiger partial charge >= 0.3 is 0 Å². The first-order valence-electron chi connectivity index (χ1n) is 6.74. The van der Waals surface area contributed by atoms with Crippen molar-refractivity contribution in [2.75, 3.05) is 0 Å². The molecule has 0 fully saturated rings. The van der Waals surface area contributed by atoms with Crippen molar-refractivity contribution in [3.63, 3.8) is 0 Å².